The third-order valence-corrected chi connectivity index (χ3v) is 4.55. The van der Waals surface area contributed by atoms with Gasteiger partial charge in [0, 0.05) is 31.9 Å². The molecule has 0 heterocycles. The highest BCUT2D eigenvalue weighted by Gasteiger charge is 2.21. The number of amides is 2. The normalized spacial score (nSPS) is 11.8. The van der Waals surface area contributed by atoms with Crippen LogP contribution < -0.4 is 20.4 Å². The van der Waals surface area contributed by atoms with Crippen molar-refractivity contribution in [3.63, 3.8) is 0 Å². The van der Waals surface area contributed by atoms with E-state index in [0.717, 1.165) is 21.7 Å². The summed E-state index contributed by atoms with van der Waals surface area (Å²) in [6.45, 7) is 0.507. The van der Waals surface area contributed by atoms with Crippen LogP contribution in [0.15, 0.2) is 48.5 Å². The molecule has 0 aliphatic heterocycles. The topological polar surface area (TPSA) is 65.9 Å². The smallest absolute Gasteiger partial charge is 0.309 e. The first-order valence-electron chi connectivity index (χ1n) is 9.15. The number of likely N-dealkylation sites (N-methyl/N-ethyl adjacent to an activating group) is 1. The quantitative estimate of drug-likeness (QED) is 0.607. The van der Waals surface area contributed by atoms with Crippen molar-refractivity contribution in [3.05, 3.63) is 65.5 Å². The molecule has 0 aliphatic carbocycles. The fraction of sp³-hybridized carbons (Fsp3) is 0.333. The second kappa shape index (κ2) is 9.85. The molecule has 0 aliphatic rings. The van der Waals surface area contributed by atoms with Crippen LogP contribution in [0.2, 0.25) is 0 Å². The van der Waals surface area contributed by atoms with Crippen molar-refractivity contribution in [2.75, 3.05) is 39.6 Å². The maximum Gasteiger partial charge on any atom is 0.309 e. The maximum absolute atomic E-state index is 12.9. The van der Waals surface area contributed by atoms with Gasteiger partial charge < -0.3 is 20.4 Å². The van der Waals surface area contributed by atoms with Crippen LogP contribution in [0, 0.1) is 5.82 Å². The maximum atomic E-state index is 12.9. The van der Waals surface area contributed by atoms with Crippen molar-refractivity contribution in [1.29, 1.82) is 0 Å². The molecular weight excluding hydrogens is 359 g/mol. The molecule has 0 bridgehead atoms. The van der Waals surface area contributed by atoms with Crippen LogP contribution in [0.4, 0.5) is 10.1 Å². The molecule has 150 valence electrons. The molecule has 0 radical (unpaired) electrons. The van der Waals surface area contributed by atoms with Crippen molar-refractivity contribution in [3.8, 4) is 0 Å². The van der Waals surface area contributed by atoms with E-state index in [1.807, 2.05) is 57.4 Å². The van der Waals surface area contributed by atoms with E-state index in [0.29, 0.717) is 6.54 Å². The molecule has 1 atom stereocenters. The Bertz CT molecular complexity index is 789. The largest absolute Gasteiger partial charge is 0.378 e. The van der Waals surface area contributed by atoms with Gasteiger partial charge in [0.15, 0.2) is 0 Å². The Morgan fingerprint density at radius 3 is 2.07 bits per heavy atom. The number of halogens is 1. The van der Waals surface area contributed by atoms with Crippen molar-refractivity contribution >= 4 is 17.5 Å². The molecule has 0 saturated heterocycles. The summed E-state index contributed by atoms with van der Waals surface area (Å²) in [7, 11) is 7.97. The van der Waals surface area contributed by atoms with E-state index in [2.05, 4.69) is 10.6 Å². The number of nitrogens with zero attached hydrogens (tertiary/aromatic N) is 1. The summed E-state index contributed by atoms with van der Waals surface area (Å²) in [6.07, 6.45) is 0. The van der Waals surface area contributed by atoms with Crippen molar-refractivity contribution < 1.29 is 18.9 Å². The molecule has 0 fully saturated rings. The monoisotopic (exact) mass is 387 g/mol. The summed E-state index contributed by atoms with van der Waals surface area (Å²) in [5, 5.41) is 5.25. The summed E-state index contributed by atoms with van der Waals surface area (Å²) in [5.74, 6) is -1.73. The van der Waals surface area contributed by atoms with Gasteiger partial charge in [0.1, 0.15) is 11.9 Å². The van der Waals surface area contributed by atoms with Crippen LogP contribution in [0.3, 0.4) is 0 Å². The summed E-state index contributed by atoms with van der Waals surface area (Å²) >= 11 is 0. The molecule has 2 amide bonds. The second-order valence-electron chi connectivity index (χ2n) is 7.14. The predicted molar refractivity (Wildman–Crippen MR) is 108 cm³/mol. The number of carbonyl (C=O) groups is 2. The van der Waals surface area contributed by atoms with Crippen molar-refractivity contribution in [1.82, 2.24) is 10.6 Å². The zero-order valence-corrected chi connectivity index (χ0v) is 16.8. The Labute approximate surface area is 165 Å². The highest BCUT2D eigenvalue weighted by Crippen LogP contribution is 2.16. The van der Waals surface area contributed by atoms with Crippen LogP contribution >= 0.6 is 0 Å². The van der Waals surface area contributed by atoms with Gasteiger partial charge in [-0.3, -0.25) is 9.59 Å². The molecule has 7 heteroatoms. The van der Waals surface area contributed by atoms with Gasteiger partial charge in [-0.05, 0) is 29.8 Å². The molecule has 0 saturated carbocycles. The molecule has 0 unspecified atom stereocenters. The minimum Gasteiger partial charge on any atom is -0.378 e. The lowest BCUT2D eigenvalue weighted by atomic mass is 10.1. The Balaban J connectivity index is 1.90. The zero-order chi connectivity index (χ0) is 20.7. The molecule has 6 nitrogen and oxygen atoms in total. The number of carbonyl (C=O) groups excluding carboxylic acids is 2. The lowest BCUT2D eigenvalue weighted by Crippen LogP contribution is -3.07. The molecule has 0 spiro atoms. The third-order valence-electron chi connectivity index (χ3n) is 4.55. The number of hydrogen-bond donors (Lipinski definition) is 3. The van der Waals surface area contributed by atoms with E-state index in [9.17, 15) is 14.0 Å². The average molecular weight is 387 g/mol. The number of benzene rings is 2. The summed E-state index contributed by atoms with van der Waals surface area (Å²) in [6, 6.07) is 13.9. The minimum atomic E-state index is -0.709. The van der Waals surface area contributed by atoms with Crippen LogP contribution in [0.5, 0.6) is 0 Å². The Morgan fingerprint density at radius 2 is 1.54 bits per heavy atom. The first-order valence-corrected chi connectivity index (χ1v) is 9.15. The SMILES string of the molecule is CN(C)c1ccc([C@H](CNC(=O)C(=O)NCc2ccc(F)cc2)[NH+](C)C)cc1. The van der Waals surface area contributed by atoms with Gasteiger partial charge in [-0.1, -0.05) is 24.3 Å². The lowest BCUT2D eigenvalue weighted by Gasteiger charge is -2.23. The fourth-order valence-electron chi connectivity index (χ4n) is 2.80. The van der Waals surface area contributed by atoms with Crippen molar-refractivity contribution in [2.24, 2.45) is 0 Å². The first-order chi connectivity index (χ1) is 13.3. The zero-order valence-electron chi connectivity index (χ0n) is 16.8. The van der Waals surface area contributed by atoms with Gasteiger partial charge in [0.25, 0.3) is 0 Å². The molecule has 3 N–H and O–H groups in total. The van der Waals surface area contributed by atoms with Gasteiger partial charge in [-0.2, -0.15) is 0 Å². The average Bonchev–Trinajstić information content (AvgIpc) is 2.67. The Hall–Kier alpha value is -2.93. The molecule has 0 aromatic heterocycles. The van der Waals surface area contributed by atoms with Gasteiger partial charge in [0.2, 0.25) is 0 Å². The second-order valence-corrected chi connectivity index (χ2v) is 7.14. The van der Waals surface area contributed by atoms with Crippen LogP contribution in [-0.2, 0) is 16.1 Å². The predicted octanol–water partition coefficient (Wildman–Crippen LogP) is 0.510. The molecule has 28 heavy (non-hydrogen) atoms. The van der Waals surface area contributed by atoms with Gasteiger partial charge >= 0.3 is 11.8 Å². The molecule has 2 aromatic rings. The van der Waals surface area contributed by atoms with E-state index in [-0.39, 0.29) is 18.4 Å². The first kappa shape index (κ1) is 21.4. The van der Waals surface area contributed by atoms with Crippen LogP contribution in [-0.4, -0.2) is 46.5 Å². The van der Waals surface area contributed by atoms with Crippen molar-refractivity contribution in [2.45, 2.75) is 12.6 Å². The summed E-state index contributed by atoms with van der Waals surface area (Å²) in [5.41, 5.74) is 2.90. The minimum absolute atomic E-state index is 0.0186. The number of hydrogen-bond acceptors (Lipinski definition) is 3. The summed E-state index contributed by atoms with van der Waals surface area (Å²) < 4.78 is 12.9. The van der Waals surface area contributed by atoms with E-state index in [1.54, 1.807) is 12.1 Å². The number of anilines is 1. The van der Waals surface area contributed by atoms with Crippen LogP contribution in [0.1, 0.15) is 17.2 Å². The van der Waals surface area contributed by atoms with Gasteiger partial charge in [0.05, 0.1) is 20.6 Å². The number of quaternary nitrogens is 1. The number of nitrogens with one attached hydrogen (secondary N) is 3. The summed E-state index contributed by atoms with van der Waals surface area (Å²) in [4.78, 5) is 27.3. The molecule has 2 rings (SSSR count). The Morgan fingerprint density at radius 1 is 0.964 bits per heavy atom. The third kappa shape index (κ3) is 6.06. The van der Waals surface area contributed by atoms with E-state index in [1.165, 1.54) is 12.1 Å². The van der Waals surface area contributed by atoms with E-state index >= 15 is 0 Å². The lowest BCUT2D eigenvalue weighted by molar-refractivity contribution is -0.890. The molecule has 2 aromatic carbocycles. The van der Waals surface area contributed by atoms with Crippen LogP contribution in [0.25, 0.3) is 0 Å². The standard InChI is InChI=1S/C21H27FN4O2/c1-25(2)18-11-7-16(8-12-18)19(26(3)4)14-24-21(28)20(27)23-13-15-5-9-17(22)10-6-15/h5-12,19H,13-14H2,1-4H3,(H,23,27)(H,24,28)/p+1/t19-/m0/s1. The highest BCUT2D eigenvalue weighted by molar-refractivity contribution is 6.35. The number of rotatable bonds is 7. The van der Waals surface area contributed by atoms with E-state index < -0.39 is 11.8 Å². The fourth-order valence-corrected chi connectivity index (χ4v) is 2.80. The molecular formula is C21H28FN4O2+. The van der Waals surface area contributed by atoms with E-state index in [4.69, 9.17) is 0 Å². The van der Waals surface area contributed by atoms with Gasteiger partial charge in [-0.25, -0.2) is 4.39 Å². The highest BCUT2D eigenvalue weighted by atomic mass is 19.1. The Kier molecular flexibility index (Phi) is 7.52. The van der Waals surface area contributed by atoms with Gasteiger partial charge in [-0.15, -0.1) is 0 Å².